The standard InChI is InChI=1S/C16H30O7/c1-6-20-13-8-12(19-5)16(10(3)22-13)23-14-7-11(18-4)15(17)9(2)21-14/h9-17H,6-8H2,1-5H3/t9-,10+,11+,12+,13-,14+,15-,16-/m1/s1. The first-order valence-corrected chi connectivity index (χ1v) is 8.31. The van der Waals surface area contributed by atoms with E-state index < -0.39 is 12.4 Å². The summed E-state index contributed by atoms with van der Waals surface area (Å²) in [4.78, 5) is 0. The van der Waals surface area contributed by atoms with Gasteiger partial charge < -0.3 is 33.5 Å². The largest absolute Gasteiger partial charge is 0.388 e. The van der Waals surface area contributed by atoms with E-state index in [0.29, 0.717) is 19.4 Å². The number of ether oxygens (including phenoxy) is 6. The zero-order valence-electron chi connectivity index (χ0n) is 14.6. The van der Waals surface area contributed by atoms with Crippen LogP contribution in [0.1, 0.15) is 33.6 Å². The van der Waals surface area contributed by atoms with Crippen LogP contribution in [0.5, 0.6) is 0 Å². The molecule has 8 atom stereocenters. The van der Waals surface area contributed by atoms with Crippen molar-refractivity contribution in [3.05, 3.63) is 0 Å². The van der Waals surface area contributed by atoms with Crippen LogP contribution in [0.15, 0.2) is 0 Å². The maximum atomic E-state index is 10.0. The van der Waals surface area contributed by atoms with Gasteiger partial charge in [-0.3, -0.25) is 0 Å². The first-order chi connectivity index (χ1) is 11.0. The summed E-state index contributed by atoms with van der Waals surface area (Å²) in [5, 5.41) is 10.0. The zero-order chi connectivity index (χ0) is 17.0. The fraction of sp³-hybridized carbons (Fsp3) is 1.00. The molecule has 136 valence electrons. The molecule has 23 heavy (non-hydrogen) atoms. The Morgan fingerprint density at radius 3 is 2.17 bits per heavy atom. The highest BCUT2D eigenvalue weighted by Gasteiger charge is 2.42. The molecule has 0 spiro atoms. The van der Waals surface area contributed by atoms with Crippen molar-refractivity contribution in [2.75, 3.05) is 20.8 Å². The zero-order valence-corrected chi connectivity index (χ0v) is 14.6. The summed E-state index contributed by atoms with van der Waals surface area (Å²) >= 11 is 0. The SMILES string of the molecule is CCO[C@H]1C[C@H](OC)[C@H](O[C@H]2C[C@H](OC)[C@H](O)[C@@H](C)O2)[C@H](C)O1. The van der Waals surface area contributed by atoms with Crippen molar-refractivity contribution in [1.29, 1.82) is 0 Å². The third-order valence-electron chi connectivity index (χ3n) is 4.54. The smallest absolute Gasteiger partial charge is 0.161 e. The van der Waals surface area contributed by atoms with Crippen LogP contribution in [0.4, 0.5) is 0 Å². The number of aliphatic hydroxyl groups is 1. The lowest BCUT2D eigenvalue weighted by molar-refractivity contribution is -0.314. The Labute approximate surface area is 138 Å². The fourth-order valence-electron chi connectivity index (χ4n) is 3.23. The van der Waals surface area contributed by atoms with E-state index in [-0.39, 0.29) is 36.8 Å². The highest BCUT2D eigenvalue weighted by atomic mass is 16.7. The van der Waals surface area contributed by atoms with Gasteiger partial charge in [-0.25, -0.2) is 0 Å². The van der Waals surface area contributed by atoms with Crippen LogP contribution in [0, 0.1) is 0 Å². The van der Waals surface area contributed by atoms with Crippen LogP contribution in [0.3, 0.4) is 0 Å². The number of hydrogen-bond acceptors (Lipinski definition) is 7. The van der Waals surface area contributed by atoms with E-state index >= 15 is 0 Å². The molecule has 0 radical (unpaired) electrons. The molecule has 2 heterocycles. The molecule has 2 rings (SSSR count). The topological polar surface area (TPSA) is 75.6 Å². The monoisotopic (exact) mass is 334 g/mol. The van der Waals surface area contributed by atoms with E-state index in [9.17, 15) is 5.11 Å². The van der Waals surface area contributed by atoms with E-state index in [1.54, 1.807) is 14.2 Å². The van der Waals surface area contributed by atoms with Crippen molar-refractivity contribution >= 4 is 0 Å². The predicted octanol–water partition coefficient (Wildman–Crippen LogP) is 1.07. The van der Waals surface area contributed by atoms with Crippen molar-refractivity contribution < 1.29 is 33.5 Å². The van der Waals surface area contributed by atoms with Crippen molar-refractivity contribution in [3.63, 3.8) is 0 Å². The van der Waals surface area contributed by atoms with Crippen LogP contribution in [-0.4, -0.2) is 75.1 Å². The quantitative estimate of drug-likeness (QED) is 0.778. The van der Waals surface area contributed by atoms with Gasteiger partial charge >= 0.3 is 0 Å². The highest BCUT2D eigenvalue weighted by molar-refractivity contribution is 4.86. The van der Waals surface area contributed by atoms with Gasteiger partial charge in [-0.2, -0.15) is 0 Å². The minimum absolute atomic E-state index is 0.137. The van der Waals surface area contributed by atoms with E-state index in [1.165, 1.54) is 0 Å². The second-order valence-electron chi connectivity index (χ2n) is 6.11. The molecule has 2 fully saturated rings. The molecule has 0 aromatic carbocycles. The van der Waals surface area contributed by atoms with Crippen molar-refractivity contribution in [2.24, 2.45) is 0 Å². The van der Waals surface area contributed by atoms with Gasteiger partial charge in [-0.1, -0.05) is 0 Å². The Morgan fingerprint density at radius 1 is 0.957 bits per heavy atom. The van der Waals surface area contributed by atoms with E-state index in [2.05, 4.69) is 0 Å². The molecule has 0 amide bonds. The molecule has 0 aromatic heterocycles. The van der Waals surface area contributed by atoms with Crippen molar-refractivity contribution in [1.82, 2.24) is 0 Å². The summed E-state index contributed by atoms with van der Waals surface area (Å²) in [6.45, 7) is 6.28. The normalized spacial score (nSPS) is 45.1. The molecule has 2 saturated heterocycles. The Balaban J connectivity index is 1.97. The van der Waals surface area contributed by atoms with Crippen LogP contribution < -0.4 is 0 Å². The van der Waals surface area contributed by atoms with Crippen LogP contribution in [0.25, 0.3) is 0 Å². The van der Waals surface area contributed by atoms with E-state index in [1.807, 2.05) is 20.8 Å². The van der Waals surface area contributed by atoms with Crippen molar-refractivity contribution in [2.45, 2.75) is 82.8 Å². The summed E-state index contributed by atoms with van der Waals surface area (Å²) in [5.74, 6) is 0. The van der Waals surface area contributed by atoms with Crippen molar-refractivity contribution in [3.8, 4) is 0 Å². The number of hydrogen-bond donors (Lipinski definition) is 1. The first-order valence-electron chi connectivity index (χ1n) is 8.31. The molecule has 0 aromatic rings. The van der Waals surface area contributed by atoms with Crippen LogP contribution in [-0.2, 0) is 28.4 Å². The summed E-state index contributed by atoms with van der Waals surface area (Å²) in [5.41, 5.74) is 0. The Morgan fingerprint density at radius 2 is 1.57 bits per heavy atom. The summed E-state index contributed by atoms with van der Waals surface area (Å²) < 4.78 is 34.2. The Bertz CT molecular complexity index is 353. The molecule has 7 heteroatoms. The average molecular weight is 334 g/mol. The summed E-state index contributed by atoms with van der Waals surface area (Å²) in [6.07, 6.45) is -1.55. The van der Waals surface area contributed by atoms with Gasteiger partial charge in [-0.15, -0.1) is 0 Å². The fourth-order valence-corrected chi connectivity index (χ4v) is 3.23. The summed E-state index contributed by atoms with van der Waals surface area (Å²) in [6, 6.07) is 0. The lowest BCUT2D eigenvalue weighted by Gasteiger charge is -2.43. The maximum absolute atomic E-state index is 10.0. The molecule has 0 saturated carbocycles. The van der Waals surface area contributed by atoms with Gasteiger partial charge in [0.2, 0.25) is 0 Å². The third kappa shape index (κ3) is 4.63. The van der Waals surface area contributed by atoms with E-state index in [0.717, 1.165) is 0 Å². The molecule has 0 unspecified atom stereocenters. The van der Waals surface area contributed by atoms with Gasteiger partial charge in [0.15, 0.2) is 12.6 Å². The van der Waals surface area contributed by atoms with Gasteiger partial charge in [0.1, 0.15) is 12.2 Å². The first kappa shape index (κ1) is 19.1. The van der Waals surface area contributed by atoms with Gasteiger partial charge in [0, 0.05) is 33.7 Å². The van der Waals surface area contributed by atoms with Gasteiger partial charge in [-0.05, 0) is 20.8 Å². The lowest BCUT2D eigenvalue weighted by atomic mass is 10.00. The Kier molecular flexibility index (Phi) is 7.21. The second-order valence-corrected chi connectivity index (χ2v) is 6.11. The average Bonchev–Trinajstić information content (AvgIpc) is 2.53. The maximum Gasteiger partial charge on any atom is 0.161 e. The van der Waals surface area contributed by atoms with Gasteiger partial charge in [0.25, 0.3) is 0 Å². The molecule has 2 aliphatic heterocycles. The molecule has 2 aliphatic rings. The molecule has 0 bridgehead atoms. The number of aliphatic hydroxyl groups excluding tert-OH is 1. The van der Waals surface area contributed by atoms with Crippen LogP contribution in [0.2, 0.25) is 0 Å². The van der Waals surface area contributed by atoms with E-state index in [4.69, 9.17) is 28.4 Å². The highest BCUT2D eigenvalue weighted by Crippen LogP contribution is 2.30. The predicted molar refractivity (Wildman–Crippen MR) is 82.0 cm³/mol. The third-order valence-corrected chi connectivity index (χ3v) is 4.54. The minimum Gasteiger partial charge on any atom is -0.388 e. The molecular weight excluding hydrogens is 304 g/mol. The lowest BCUT2D eigenvalue weighted by Crippen LogP contribution is -2.54. The molecule has 1 N–H and O–H groups in total. The molecular formula is C16H30O7. The Hall–Kier alpha value is -0.280. The molecule has 7 nitrogen and oxygen atoms in total. The summed E-state index contributed by atoms with van der Waals surface area (Å²) in [7, 11) is 3.24. The second kappa shape index (κ2) is 8.71. The molecule has 0 aliphatic carbocycles. The minimum atomic E-state index is -0.652. The number of methoxy groups -OCH3 is 2. The van der Waals surface area contributed by atoms with Crippen LogP contribution >= 0.6 is 0 Å². The van der Waals surface area contributed by atoms with Gasteiger partial charge in [0.05, 0.1) is 24.4 Å². The number of rotatable bonds is 6.